The van der Waals surface area contributed by atoms with Gasteiger partial charge in [-0.3, -0.25) is 9.59 Å². The molecule has 1 aromatic rings. The van der Waals surface area contributed by atoms with Gasteiger partial charge in [0.1, 0.15) is 18.0 Å². The van der Waals surface area contributed by atoms with Crippen molar-refractivity contribution in [3.63, 3.8) is 0 Å². The van der Waals surface area contributed by atoms with Crippen molar-refractivity contribution in [2.45, 2.75) is 78.1 Å². The number of phenols is 1. The van der Waals surface area contributed by atoms with E-state index < -0.39 is 5.97 Å². The second-order valence-corrected chi connectivity index (χ2v) is 7.66. The van der Waals surface area contributed by atoms with Crippen molar-refractivity contribution in [1.29, 1.82) is 0 Å². The van der Waals surface area contributed by atoms with Crippen LogP contribution < -0.4 is 15.4 Å². The summed E-state index contributed by atoms with van der Waals surface area (Å²) in [4.78, 5) is 23.5. The fourth-order valence-electron chi connectivity index (χ4n) is 3.20. The van der Waals surface area contributed by atoms with Crippen molar-refractivity contribution in [3.05, 3.63) is 18.2 Å². The summed E-state index contributed by atoms with van der Waals surface area (Å²) in [7, 11) is 0. The summed E-state index contributed by atoms with van der Waals surface area (Å²) in [6, 6.07) is 4.46. The van der Waals surface area contributed by atoms with Gasteiger partial charge in [-0.2, -0.15) is 0 Å². The van der Waals surface area contributed by atoms with Crippen LogP contribution in [0.3, 0.4) is 0 Å². The van der Waals surface area contributed by atoms with E-state index in [0.717, 1.165) is 12.8 Å². The zero-order chi connectivity index (χ0) is 22.7. The Kier molecular flexibility index (Phi) is 14.8. The molecule has 176 valence electrons. The number of ether oxygens (including phenoxy) is 2. The van der Waals surface area contributed by atoms with Gasteiger partial charge in [-0.15, -0.1) is 0 Å². The first-order valence-corrected chi connectivity index (χ1v) is 11.7. The molecule has 0 fully saturated rings. The Balaban J connectivity index is 2.18. The summed E-state index contributed by atoms with van der Waals surface area (Å²) in [5.74, 6) is -0.188. The highest BCUT2D eigenvalue weighted by atomic mass is 16.5. The molecule has 0 bridgehead atoms. The van der Waals surface area contributed by atoms with Gasteiger partial charge in [-0.25, -0.2) is 0 Å². The quantitative estimate of drug-likeness (QED) is 0.226. The van der Waals surface area contributed by atoms with Gasteiger partial charge in [0.25, 0.3) is 5.91 Å². The van der Waals surface area contributed by atoms with Crippen LogP contribution in [0.5, 0.6) is 11.5 Å². The average Bonchev–Trinajstić information content (AvgIpc) is 2.75. The van der Waals surface area contributed by atoms with E-state index in [0.29, 0.717) is 24.6 Å². The molecule has 7 heteroatoms. The number of nitrogens with one attached hydrogen (secondary N) is 2. The van der Waals surface area contributed by atoms with E-state index >= 15 is 0 Å². The van der Waals surface area contributed by atoms with Crippen molar-refractivity contribution in [1.82, 2.24) is 5.32 Å². The molecular formula is C24H40N2O5. The number of amides is 1. The molecule has 0 aliphatic rings. The molecule has 7 nitrogen and oxygen atoms in total. The second-order valence-electron chi connectivity index (χ2n) is 7.66. The summed E-state index contributed by atoms with van der Waals surface area (Å²) in [6.45, 7) is 4.72. The molecule has 0 unspecified atom stereocenters. The van der Waals surface area contributed by atoms with Crippen molar-refractivity contribution < 1.29 is 24.2 Å². The van der Waals surface area contributed by atoms with Crippen molar-refractivity contribution in [2.75, 3.05) is 31.6 Å². The number of unbranched alkanes of at least 4 members (excludes halogenated alkanes) is 9. The monoisotopic (exact) mass is 436 g/mol. The summed E-state index contributed by atoms with van der Waals surface area (Å²) < 4.78 is 10.4. The first-order chi connectivity index (χ1) is 15.1. The topological polar surface area (TPSA) is 96.9 Å². The van der Waals surface area contributed by atoms with Crippen molar-refractivity contribution in [2.24, 2.45) is 0 Å². The van der Waals surface area contributed by atoms with Gasteiger partial charge < -0.3 is 25.2 Å². The van der Waals surface area contributed by atoms with E-state index in [2.05, 4.69) is 17.6 Å². The van der Waals surface area contributed by atoms with Gasteiger partial charge >= 0.3 is 5.97 Å². The molecule has 3 N–H and O–H groups in total. The highest BCUT2D eigenvalue weighted by Gasteiger charge is 2.10. The van der Waals surface area contributed by atoms with Gasteiger partial charge in [0, 0.05) is 12.6 Å². The Bertz CT molecular complexity index is 636. The summed E-state index contributed by atoms with van der Waals surface area (Å²) in [6.07, 6.45) is 12.6. The van der Waals surface area contributed by atoms with Crippen LogP contribution in [0.15, 0.2) is 18.2 Å². The molecule has 0 spiro atoms. The lowest BCUT2D eigenvalue weighted by Crippen LogP contribution is -2.29. The van der Waals surface area contributed by atoms with Crippen molar-refractivity contribution >= 4 is 17.6 Å². The number of anilines is 1. The molecule has 0 saturated carbocycles. The predicted molar refractivity (Wildman–Crippen MR) is 124 cm³/mol. The van der Waals surface area contributed by atoms with Crippen LogP contribution in [0.2, 0.25) is 0 Å². The number of carbonyl (C=O) groups is 2. The second kappa shape index (κ2) is 17.3. The molecule has 0 aliphatic carbocycles. The van der Waals surface area contributed by atoms with E-state index in [4.69, 9.17) is 9.47 Å². The smallest absolute Gasteiger partial charge is 0.325 e. The minimum atomic E-state index is -0.411. The van der Waals surface area contributed by atoms with Gasteiger partial charge in [0.2, 0.25) is 0 Å². The standard InChI is InChI=1S/C24H40N2O5/c1-3-5-6-7-8-9-10-11-12-13-16-25-23(28)19-31-22-15-14-20(27)17-21(22)26-18-24(29)30-4-2/h14-15,17,26-27H,3-13,16,18-19H2,1-2H3,(H,25,28). The first kappa shape index (κ1) is 26.6. The average molecular weight is 437 g/mol. The fourth-order valence-corrected chi connectivity index (χ4v) is 3.20. The lowest BCUT2D eigenvalue weighted by atomic mass is 10.1. The molecule has 0 aliphatic heterocycles. The molecule has 0 heterocycles. The van der Waals surface area contributed by atoms with E-state index in [1.807, 2.05) is 0 Å². The van der Waals surface area contributed by atoms with Crippen LogP contribution in [-0.4, -0.2) is 43.3 Å². The molecule has 1 amide bonds. The minimum Gasteiger partial charge on any atom is -0.508 e. The van der Waals surface area contributed by atoms with Crippen molar-refractivity contribution in [3.8, 4) is 11.5 Å². The van der Waals surface area contributed by atoms with E-state index in [-0.39, 0.29) is 24.8 Å². The number of esters is 1. The Morgan fingerprint density at radius 3 is 2.23 bits per heavy atom. The third-order valence-electron chi connectivity index (χ3n) is 4.90. The van der Waals surface area contributed by atoms with Gasteiger partial charge in [-0.1, -0.05) is 64.7 Å². The van der Waals surface area contributed by atoms with Crippen LogP contribution in [0.1, 0.15) is 78.1 Å². The number of phenolic OH excluding ortho intramolecular Hbond substituents is 1. The van der Waals surface area contributed by atoms with E-state index in [1.54, 1.807) is 13.0 Å². The van der Waals surface area contributed by atoms with Crippen LogP contribution >= 0.6 is 0 Å². The van der Waals surface area contributed by atoms with Crippen LogP contribution in [0.4, 0.5) is 5.69 Å². The molecule has 0 aromatic heterocycles. The molecule has 0 radical (unpaired) electrons. The SMILES string of the molecule is CCCCCCCCCCCCNC(=O)COc1ccc(O)cc1NCC(=O)OCC. The summed E-state index contributed by atoms with van der Waals surface area (Å²) >= 11 is 0. The normalized spacial score (nSPS) is 10.5. The Labute approximate surface area is 186 Å². The first-order valence-electron chi connectivity index (χ1n) is 11.7. The summed E-state index contributed by atoms with van der Waals surface area (Å²) in [5.41, 5.74) is 0.426. The lowest BCUT2D eigenvalue weighted by Gasteiger charge is -2.13. The van der Waals surface area contributed by atoms with E-state index in [9.17, 15) is 14.7 Å². The minimum absolute atomic E-state index is 0.0316. The Morgan fingerprint density at radius 1 is 0.935 bits per heavy atom. The molecule has 1 aromatic carbocycles. The lowest BCUT2D eigenvalue weighted by molar-refractivity contribution is -0.140. The highest BCUT2D eigenvalue weighted by molar-refractivity contribution is 5.78. The number of aromatic hydroxyl groups is 1. The van der Waals surface area contributed by atoms with Gasteiger partial charge in [0.05, 0.1) is 12.3 Å². The third kappa shape index (κ3) is 13.5. The zero-order valence-corrected chi connectivity index (χ0v) is 19.2. The van der Waals surface area contributed by atoms with Crippen LogP contribution in [0, 0.1) is 0 Å². The Hall–Kier alpha value is -2.44. The maximum atomic E-state index is 12.0. The Morgan fingerprint density at radius 2 is 1.58 bits per heavy atom. The number of hydrogen-bond donors (Lipinski definition) is 3. The van der Waals surface area contributed by atoms with E-state index in [1.165, 1.54) is 63.5 Å². The number of rotatable bonds is 18. The van der Waals surface area contributed by atoms with Gasteiger partial charge in [0.15, 0.2) is 6.61 Å². The van der Waals surface area contributed by atoms with Gasteiger partial charge in [-0.05, 0) is 25.5 Å². The molecular weight excluding hydrogens is 396 g/mol. The third-order valence-corrected chi connectivity index (χ3v) is 4.90. The largest absolute Gasteiger partial charge is 0.508 e. The fraction of sp³-hybridized carbons (Fsp3) is 0.667. The maximum absolute atomic E-state index is 12.0. The highest BCUT2D eigenvalue weighted by Crippen LogP contribution is 2.28. The zero-order valence-electron chi connectivity index (χ0n) is 19.2. The van der Waals surface area contributed by atoms with Crippen LogP contribution in [0.25, 0.3) is 0 Å². The number of carbonyl (C=O) groups excluding carboxylic acids is 2. The maximum Gasteiger partial charge on any atom is 0.325 e. The molecule has 31 heavy (non-hydrogen) atoms. The molecule has 1 rings (SSSR count). The number of hydrogen-bond acceptors (Lipinski definition) is 6. The van der Waals surface area contributed by atoms with Crippen LogP contribution in [-0.2, 0) is 14.3 Å². The summed E-state index contributed by atoms with van der Waals surface area (Å²) in [5, 5.41) is 15.4. The number of benzene rings is 1. The molecule has 0 saturated heterocycles. The molecule has 0 atom stereocenters. The predicted octanol–water partition coefficient (Wildman–Crippen LogP) is 4.78.